The zero-order valence-electron chi connectivity index (χ0n) is 14.0. The SMILES string of the molecule is CC(Sc1ccc([N+](=O)[O-])cc1)C(=O)OCCOc1ccc(C#N)cc1. The minimum absolute atomic E-state index is 0.00420. The molecule has 7 nitrogen and oxygen atoms in total. The van der Waals surface area contributed by atoms with Crippen LogP contribution in [0.1, 0.15) is 12.5 Å². The van der Waals surface area contributed by atoms with Crippen LogP contribution in [-0.4, -0.2) is 29.4 Å². The fraction of sp³-hybridized carbons (Fsp3) is 0.222. The van der Waals surface area contributed by atoms with Crippen molar-refractivity contribution in [2.75, 3.05) is 13.2 Å². The molecule has 0 fully saturated rings. The lowest BCUT2D eigenvalue weighted by Crippen LogP contribution is -2.20. The number of nitriles is 1. The molecule has 2 aromatic rings. The number of rotatable bonds is 8. The van der Waals surface area contributed by atoms with Crippen LogP contribution in [0.5, 0.6) is 5.75 Å². The molecule has 0 spiro atoms. The fourth-order valence-electron chi connectivity index (χ4n) is 1.94. The van der Waals surface area contributed by atoms with Gasteiger partial charge in [-0.15, -0.1) is 11.8 Å². The monoisotopic (exact) mass is 372 g/mol. The second kappa shape index (κ2) is 9.44. The third kappa shape index (κ3) is 5.79. The van der Waals surface area contributed by atoms with Crippen molar-refractivity contribution in [3.8, 4) is 11.8 Å². The number of benzene rings is 2. The van der Waals surface area contributed by atoms with E-state index >= 15 is 0 Å². The van der Waals surface area contributed by atoms with Gasteiger partial charge in [-0.1, -0.05) is 0 Å². The summed E-state index contributed by atoms with van der Waals surface area (Å²) < 4.78 is 10.6. The highest BCUT2D eigenvalue weighted by Crippen LogP contribution is 2.26. The summed E-state index contributed by atoms with van der Waals surface area (Å²) in [7, 11) is 0. The van der Waals surface area contributed by atoms with Crippen LogP contribution in [0.2, 0.25) is 0 Å². The molecule has 0 N–H and O–H groups in total. The Bertz CT molecular complexity index is 800. The molecule has 0 radical (unpaired) electrons. The van der Waals surface area contributed by atoms with Gasteiger partial charge in [-0.25, -0.2) is 0 Å². The third-order valence-electron chi connectivity index (χ3n) is 3.27. The van der Waals surface area contributed by atoms with Crippen molar-refractivity contribution in [3.63, 3.8) is 0 Å². The summed E-state index contributed by atoms with van der Waals surface area (Å²) >= 11 is 1.26. The van der Waals surface area contributed by atoms with Gasteiger partial charge >= 0.3 is 5.97 Å². The molecule has 2 rings (SSSR count). The summed E-state index contributed by atoms with van der Waals surface area (Å²) in [5, 5.41) is 18.9. The lowest BCUT2D eigenvalue weighted by atomic mass is 10.2. The van der Waals surface area contributed by atoms with Crippen LogP contribution < -0.4 is 4.74 Å². The summed E-state index contributed by atoms with van der Waals surface area (Å²) in [5.41, 5.74) is 0.547. The molecule has 0 heterocycles. The number of hydrogen-bond donors (Lipinski definition) is 0. The largest absolute Gasteiger partial charge is 0.490 e. The predicted molar refractivity (Wildman–Crippen MR) is 96.0 cm³/mol. The van der Waals surface area contributed by atoms with Crippen LogP contribution in [0.4, 0.5) is 5.69 Å². The van der Waals surface area contributed by atoms with Gasteiger partial charge in [-0.2, -0.15) is 5.26 Å². The Balaban J connectivity index is 1.72. The normalized spacial score (nSPS) is 11.2. The van der Waals surface area contributed by atoms with Gasteiger partial charge in [0.05, 0.1) is 16.6 Å². The van der Waals surface area contributed by atoms with E-state index in [1.807, 2.05) is 6.07 Å². The van der Waals surface area contributed by atoms with Gasteiger partial charge in [0.15, 0.2) is 0 Å². The molecular weight excluding hydrogens is 356 g/mol. The van der Waals surface area contributed by atoms with Crippen molar-refractivity contribution < 1.29 is 19.2 Å². The molecule has 1 unspecified atom stereocenters. The van der Waals surface area contributed by atoms with Gasteiger partial charge in [0.25, 0.3) is 5.69 Å². The molecule has 0 amide bonds. The number of thioether (sulfide) groups is 1. The second-order valence-electron chi connectivity index (χ2n) is 5.16. The summed E-state index contributed by atoms with van der Waals surface area (Å²) in [6.45, 7) is 2.01. The van der Waals surface area contributed by atoms with E-state index in [4.69, 9.17) is 14.7 Å². The van der Waals surface area contributed by atoms with Crippen molar-refractivity contribution in [3.05, 3.63) is 64.2 Å². The molecule has 8 heteroatoms. The number of nitro groups is 1. The van der Waals surface area contributed by atoms with E-state index in [-0.39, 0.29) is 18.9 Å². The maximum atomic E-state index is 12.0. The van der Waals surface area contributed by atoms with E-state index in [2.05, 4.69) is 0 Å². The Labute approximate surface area is 154 Å². The number of hydrogen-bond acceptors (Lipinski definition) is 7. The second-order valence-corrected chi connectivity index (χ2v) is 6.58. The Morgan fingerprint density at radius 1 is 1.19 bits per heavy atom. The van der Waals surface area contributed by atoms with Crippen LogP contribution in [0.3, 0.4) is 0 Å². The smallest absolute Gasteiger partial charge is 0.319 e. The number of non-ortho nitro benzene ring substituents is 1. The fourth-order valence-corrected chi connectivity index (χ4v) is 2.81. The number of carbonyl (C=O) groups is 1. The molecule has 2 aromatic carbocycles. The first-order chi connectivity index (χ1) is 12.5. The molecule has 0 aromatic heterocycles. The van der Waals surface area contributed by atoms with Crippen molar-refractivity contribution in [2.24, 2.45) is 0 Å². The van der Waals surface area contributed by atoms with E-state index in [0.29, 0.717) is 11.3 Å². The molecule has 0 saturated carbocycles. The number of esters is 1. The highest BCUT2D eigenvalue weighted by atomic mass is 32.2. The van der Waals surface area contributed by atoms with Crippen molar-refractivity contribution in [1.82, 2.24) is 0 Å². The lowest BCUT2D eigenvalue weighted by molar-refractivity contribution is -0.384. The summed E-state index contributed by atoms with van der Waals surface area (Å²) in [4.78, 5) is 22.9. The van der Waals surface area contributed by atoms with Gasteiger partial charge in [0, 0.05) is 17.0 Å². The van der Waals surface area contributed by atoms with Crippen LogP contribution in [0.15, 0.2) is 53.4 Å². The maximum absolute atomic E-state index is 12.0. The van der Waals surface area contributed by atoms with Gasteiger partial charge in [0.2, 0.25) is 0 Å². The molecule has 0 aliphatic heterocycles. The van der Waals surface area contributed by atoms with Gasteiger partial charge in [-0.05, 0) is 43.3 Å². The first kappa shape index (κ1) is 19.3. The lowest BCUT2D eigenvalue weighted by Gasteiger charge is -2.12. The highest BCUT2D eigenvalue weighted by Gasteiger charge is 2.16. The molecule has 0 aliphatic rings. The Morgan fingerprint density at radius 2 is 1.85 bits per heavy atom. The minimum atomic E-state index is -0.472. The Hall–Kier alpha value is -3.05. The van der Waals surface area contributed by atoms with Crippen LogP contribution in [0.25, 0.3) is 0 Å². The average molecular weight is 372 g/mol. The highest BCUT2D eigenvalue weighted by molar-refractivity contribution is 8.00. The van der Waals surface area contributed by atoms with Crippen molar-refractivity contribution in [1.29, 1.82) is 5.26 Å². The topological polar surface area (TPSA) is 102 Å². The summed E-state index contributed by atoms with van der Waals surface area (Å²) in [5.74, 6) is 0.199. The van der Waals surface area contributed by atoms with Crippen LogP contribution in [0, 0.1) is 21.4 Å². The zero-order chi connectivity index (χ0) is 18.9. The molecule has 134 valence electrons. The standard InChI is InChI=1S/C18H16N2O5S/c1-13(26-17-8-4-15(5-9-17)20(22)23)18(21)25-11-10-24-16-6-2-14(12-19)3-7-16/h2-9,13H,10-11H2,1H3. The molecular formula is C18H16N2O5S. The molecule has 1 atom stereocenters. The maximum Gasteiger partial charge on any atom is 0.319 e. The first-order valence-electron chi connectivity index (χ1n) is 7.70. The number of carbonyl (C=O) groups excluding carboxylic acids is 1. The van der Waals surface area contributed by atoms with E-state index < -0.39 is 16.1 Å². The van der Waals surface area contributed by atoms with Crippen LogP contribution >= 0.6 is 11.8 Å². The number of ether oxygens (including phenoxy) is 2. The molecule has 0 bridgehead atoms. The van der Waals surface area contributed by atoms with Gasteiger partial charge < -0.3 is 9.47 Å². The predicted octanol–water partition coefficient (Wildman–Crippen LogP) is 3.57. The average Bonchev–Trinajstić information content (AvgIpc) is 2.66. The Kier molecular flexibility index (Phi) is 7.00. The first-order valence-corrected chi connectivity index (χ1v) is 8.58. The van der Waals surface area contributed by atoms with Crippen molar-refractivity contribution in [2.45, 2.75) is 17.1 Å². The Morgan fingerprint density at radius 3 is 2.42 bits per heavy atom. The third-order valence-corrected chi connectivity index (χ3v) is 4.36. The van der Waals surface area contributed by atoms with Crippen LogP contribution in [-0.2, 0) is 9.53 Å². The summed E-state index contributed by atoms with van der Waals surface area (Å²) in [6.07, 6.45) is 0. The van der Waals surface area contributed by atoms with E-state index in [1.165, 1.54) is 23.9 Å². The van der Waals surface area contributed by atoms with E-state index in [9.17, 15) is 14.9 Å². The van der Waals surface area contributed by atoms with Crippen molar-refractivity contribution >= 4 is 23.4 Å². The van der Waals surface area contributed by atoms with E-state index in [1.54, 1.807) is 43.3 Å². The molecule has 0 saturated heterocycles. The quantitative estimate of drug-likeness (QED) is 0.229. The number of nitro benzene ring substituents is 1. The zero-order valence-corrected chi connectivity index (χ0v) is 14.8. The summed E-state index contributed by atoms with van der Waals surface area (Å²) in [6, 6.07) is 14.6. The van der Waals surface area contributed by atoms with Gasteiger partial charge in [-0.3, -0.25) is 14.9 Å². The molecule has 0 aliphatic carbocycles. The van der Waals surface area contributed by atoms with E-state index in [0.717, 1.165) is 4.90 Å². The minimum Gasteiger partial charge on any atom is -0.490 e. The molecule has 26 heavy (non-hydrogen) atoms. The van der Waals surface area contributed by atoms with Gasteiger partial charge in [0.1, 0.15) is 24.2 Å². The number of nitrogens with zero attached hydrogens (tertiary/aromatic N) is 2.